The van der Waals surface area contributed by atoms with Crippen molar-refractivity contribution in [3.05, 3.63) is 29.3 Å². The second-order valence-corrected chi connectivity index (χ2v) is 3.86. The Labute approximate surface area is 84.9 Å². The second-order valence-electron chi connectivity index (χ2n) is 3.33. The Morgan fingerprint density at radius 3 is 2.69 bits per heavy atom. The molecule has 1 rings (SSSR count). The molecule has 0 saturated carbocycles. The molecule has 72 valence electrons. The van der Waals surface area contributed by atoms with Crippen molar-refractivity contribution in [3.63, 3.8) is 0 Å². The zero-order valence-electron chi connectivity index (χ0n) is 8.18. The molecule has 0 aliphatic carbocycles. The predicted octanol–water partition coefficient (Wildman–Crippen LogP) is 3.66. The summed E-state index contributed by atoms with van der Waals surface area (Å²) in [6.45, 7) is 4.18. The number of aryl methyl sites for hydroxylation is 1. The zero-order valence-corrected chi connectivity index (χ0v) is 8.93. The number of alkyl halides is 1. The van der Waals surface area contributed by atoms with Crippen LogP contribution < -0.4 is 5.73 Å². The molecule has 0 aliphatic rings. The molecule has 0 bridgehead atoms. The normalized spacial score (nSPS) is 12.8. The fraction of sp³-hybridized carbons (Fsp3) is 0.455. The Morgan fingerprint density at radius 1 is 1.46 bits per heavy atom. The summed E-state index contributed by atoms with van der Waals surface area (Å²) in [6, 6.07) is 5.92. The van der Waals surface area contributed by atoms with E-state index in [1.807, 2.05) is 12.1 Å². The molecule has 0 aliphatic heterocycles. The van der Waals surface area contributed by atoms with Crippen LogP contribution in [-0.4, -0.2) is 0 Å². The molecule has 0 spiro atoms. The van der Waals surface area contributed by atoms with Crippen LogP contribution in [0.2, 0.25) is 0 Å². The predicted molar refractivity (Wildman–Crippen MR) is 59.1 cm³/mol. The highest BCUT2D eigenvalue weighted by Gasteiger charge is 2.12. The minimum atomic E-state index is 0.0613. The number of rotatable bonds is 3. The van der Waals surface area contributed by atoms with E-state index < -0.39 is 0 Å². The van der Waals surface area contributed by atoms with E-state index in [1.165, 1.54) is 5.56 Å². The van der Waals surface area contributed by atoms with Crippen molar-refractivity contribution in [2.45, 2.75) is 32.1 Å². The molecule has 2 N–H and O–H groups in total. The summed E-state index contributed by atoms with van der Waals surface area (Å²) in [5.41, 5.74) is 8.97. The minimum Gasteiger partial charge on any atom is -0.398 e. The van der Waals surface area contributed by atoms with Gasteiger partial charge in [-0.3, -0.25) is 0 Å². The molecule has 1 atom stereocenters. The summed E-state index contributed by atoms with van der Waals surface area (Å²) in [5, 5.41) is 0.0613. The summed E-state index contributed by atoms with van der Waals surface area (Å²) < 4.78 is 0. The number of hydrogen-bond donors (Lipinski definition) is 1. The van der Waals surface area contributed by atoms with Crippen molar-refractivity contribution in [2.24, 2.45) is 0 Å². The Kier molecular flexibility index (Phi) is 3.61. The highest BCUT2D eigenvalue weighted by Crippen LogP contribution is 2.32. The van der Waals surface area contributed by atoms with Gasteiger partial charge in [-0.25, -0.2) is 0 Å². The molecule has 0 aromatic heterocycles. The third kappa shape index (κ3) is 2.38. The van der Waals surface area contributed by atoms with Crippen LogP contribution in [0, 0.1) is 6.92 Å². The maximum Gasteiger partial charge on any atom is 0.0608 e. The van der Waals surface area contributed by atoms with E-state index in [4.69, 9.17) is 17.3 Å². The van der Waals surface area contributed by atoms with E-state index in [2.05, 4.69) is 19.9 Å². The van der Waals surface area contributed by atoms with E-state index in [9.17, 15) is 0 Å². The third-order valence-corrected chi connectivity index (χ3v) is 2.65. The average Bonchev–Trinajstić information content (AvgIpc) is 2.04. The number of nitrogen functional groups attached to an aromatic ring is 1. The maximum absolute atomic E-state index is 6.24. The first-order chi connectivity index (χ1) is 6.16. The van der Waals surface area contributed by atoms with Gasteiger partial charge in [0, 0.05) is 5.69 Å². The molecule has 1 unspecified atom stereocenters. The van der Waals surface area contributed by atoms with E-state index >= 15 is 0 Å². The Hall–Kier alpha value is -0.690. The fourth-order valence-electron chi connectivity index (χ4n) is 1.53. The monoisotopic (exact) mass is 197 g/mol. The van der Waals surface area contributed by atoms with Crippen molar-refractivity contribution in [1.29, 1.82) is 0 Å². The van der Waals surface area contributed by atoms with Gasteiger partial charge in [-0.05, 0) is 30.5 Å². The van der Waals surface area contributed by atoms with Gasteiger partial charge < -0.3 is 5.73 Å². The Balaban J connectivity index is 2.98. The summed E-state index contributed by atoms with van der Waals surface area (Å²) in [5.74, 6) is 0. The van der Waals surface area contributed by atoms with Gasteiger partial charge in [0.2, 0.25) is 0 Å². The molecular formula is C11H16ClN. The molecule has 1 aromatic rings. The summed E-state index contributed by atoms with van der Waals surface area (Å²) in [4.78, 5) is 0. The van der Waals surface area contributed by atoms with Crippen molar-refractivity contribution in [1.82, 2.24) is 0 Å². The van der Waals surface area contributed by atoms with E-state index in [0.29, 0.717) is 0 Å². The van der Waals surface area contributed by atoms with Crippen molar-refractivity contribution < 1.29 is 0 Å². The summed E-state index contributed by atoms with van der Waals surface area (Å²) in [7, 11) is 0. The van der Waals surface area contributed by atoms with Gasteiger partial charge in [-0.1, -0.05) is 25.5 Å². The summed E-state index contributed by atoms with van der Waals surface area (Å²) in [6.07, 6.45) is 2.07. The minimum absolute atomic E-state index is 0.0613. The SMILES string of the molecule is CCCC(Cl)c1c(C)cccc1N. The third-order valence-electron chi connectivity index (χ3n) is 2.21. The average molecular weight is 198 g/mol. The van der Waals surface area contributed by atoms with Crippen molar-refractivity contribution in [2.75, 3.05) is 5.73 Å². The standard InChI is InChI=1S/C11H16ClN/c1-3-5-9(12)11-8(2)6-4-7-10(11)13/h4,6-7,9H,3,5,13H2,1-2H3. The molecule has 13 heavy (non-hydrogen) atoms. The van der Waals surface area contributed by atoms with Gasteiger partial charge >= 0.3 is 0 Å². The first kappa shape index (κ1) is 10.4. The van der Waals surface area contributed by atoms with E-state index in [0.717, 1.165) is 24.1 Å². The van der Waals surface area contributed by atoms with Crippen LogP contribution in [0.15, 0.2) is 18.2 Å². The van der Waals surface area contributed by atoms with Crippen LogP contribution in [0.25, 0.3) is 0 Å². The zero-order chi connectivity index (χ0) is 9.84. The Bertz CT molecular complexity index is 263. The molecule has 0 heterocycles. The molecule has 2 heteroatoms. The van der Waals surface area contributed by atoms with Crippen LogP contribution >= 0.6 is 11.6 Å². The lowest BCUT2D eigenvalue weighted by atomic mass is 10.0. The molecule has 1 aromatic carbocycles. The van der Waals surface area contributed by atoms with Crippen LogP contribution in [0.1, 0.15) is 36.3 Å². The highest BCUT2D eigenvalue weighted by molar-refractivity contribution is 6.21. The quantitative estimate of drug-likeness (QED) is 0.581. The largest absolute Gasteiger partial charge is 0.398 e. The fourth-order valence-corrected chi connectivity index (χ4v) is 2.05. The molecule has 0 saturated heterocycles. The molecular weight excluding hydrogens is 182 g/mol. The van der Waals surface area contributed by atoms with Crippen LogP contribution in [0.3, 0.4) is 0 Å². The molecule has 1 nitrogen and oxygen atoms in total. The van der Waals surface area contributed by atoms with Crippen LogP contribution in [0.4, 0.5) is 5.69 Å². The number of anilines is 1. The number of benzene rings is 1. The van der Waals surface area contributed by atoms with Gasteiger partial charge in [0.05, 0.1) is 5.38 Å². The first-order valence-electron chi connectivity index (χ1n) is 4.65. The van der Waals surface area contributed by atoms with Gasteiger partial charge in [-0.15, -0.1) is 11.6 Å². The van der Waals surface area contributed by atoms with Gasteiger partial charge in [0.1, 0.15) is 0 Å². The van der Waals surface area contributed by atoms with Crippen LogP contribution in [-0.2, 0) is 0 Å². The highest BCUT2D eigenvalue weighted by atomic mass is 35.5. The van der Waals surface area contributed by atoms with Gasteiger partial charge in [0.25, 0.3) is 0 Å². The van der Waals surface area contributed by atoms with Crippen LogP contribution in [0.5, 0.6) is 0 Å². The second kappa shape index (κ2) is 4.52. The van der Waals surface area contributed by atoms with Gasteiger partial charge in [-0.2, -0.15) is 0 Å². The molecule has 0 radical (unpaired) electrons. The molecule has 0 amide bonds. The number of nitrogens with two attached hydrogens (primary N) is 1. The first-order valence-corrected chi connectivity index (χ1v) is 5.09. The van der Waals surface area contributed by atoms with Gasteiger partial charge in [0.15, 0.2) is 0 Å². The Morgan fingerprint density at radius 2 is 2.15 bits per heavy atom. The van der Waals surface area contributed by atoms with E-state index in [-0.39, 0.29) is 5.38 Å². The number of hydrogen-bond acceptors (Lipinski definition) is 1. The van der Waals surface area contributed by atoms with E-state index in [1.54, 1.807) is 0 Å². The maximum atomic E-state index is 6.24. The number of halogens is 1. The lowest BCUT2D eigenvalue weighted by Crippen LogP contribution is -1.99. The van der Waals surface area contributed by atoms with Crippen molar-refractivity contribution in [3.8, 4) is 0 Å². The molecule has 0 fully saturated rings. The van der Waals surface area contributed by atoms with Crippen molar-refractivity contribution >= 4 is 17.3 Å². The topological polar surface area (TPSA) is 26.0 Å². The lowest BCUT2D eigenvalue weighted by molar-refractivity contribution is 0.768. The smallest absolute Gasteiger partial charge is 0.0608 e. The lowest BCUT2D eigenvalue weighted by Gasteiger charge is -2.14. The summed E-state index contributed by atoms with van der Waals surface area (Å²) >= 11 is 6.24.